The molecule has 4 aromatic rings. The van der Waals surface area contributed by atoms with Crippen LogP contribution in [0.4, 0.5) is 11.8 Å². The van der Waals surface area contributed by atoms with E-state index in [2.05, 4.69) is 9.97 Å². The first-order valence-electron chi connectivity index (χ1n) is 10.5. The molecule has 2 aliphatic heterocycles. The standard InChI is InChI=1S/C22H18ClN7O3.H2S/c23-13-6-10-29-17(13)21(32)30(12-4-2-1-3-5-12)18(27-29)14-7-9-28(14)19-16-15(31)8-11-33-20(16)26-22(24)25-19;/h1-6,10,14H,7-9,11H2,(H2,24,25,26);1H2/t14-;/m0./s1. The lowest BCUT2D eigenvalue weighted by Gasteiger charge is -2.42. The number of Topliss-reactive ketones (excluding diaryl/α,β-unsaturated/α-hetero) is 1. The molecule has 34 heavy (non-hydrogen) atoms. The van der Waals surface area contributed by atoms with Gasteiger partial charge in [0.1, 0.15) is 16.9 Å². The fraction of sp³-hybridized carbons (Fsp3) is 0.227. The normalized spacial score (nSPS) is 17.0. The Labute approximate surface area is 205 Å². The fourth-order valence-electron chi connectivity index (χ4n) is 4.37. The van der Waals surface area contributed by atoms with Crippen LogP contribution in [-0.4, -0.2) is 43.1 Å². The average Bonchev–Trinajstić information content (AvgIpc) is 3.14. The van der Waals surface area contributed by atoms with Crippen molar-refractivity contribution < 1.29 is 9.53 Å². The van der Waals surface area contributed by atoms with Crippen LogP contribution in [0.2, 0.25) is 5.02 Å². The van der Waals surface area contributed by atoms with E-state index in [4.69, 9.17) is 27.2 Å². The summed E-state index contributed by atoms with van der Waals surface area (Å²) in [6.45, 7) is 0.862. The molecule has 1 aromatic carbocycles. The predicted molar refractivity (Wildman–Crippen MR) is 132 cm³/mol. The van der Waals surface area contributed by atoms with Crippen molar-refractivity contribution in [3.05, 3.63) is 69.4 Å². The molecule has 174 valence electrons. The van der Waals surface area contributed by atoms with Gasteiger partial charge in [-0.2, -0.15) is 28.6 Å². The Morgan fingerprint density at radius 3 is 2.65 bits per heavy atom. The molecule has 0 spiro atoms. The second-order valence-electron chi connectivity index (χ2n) is 7.90. The summed E-state index contributed by atoms with van der Waals surface area (Å²) in [5.41, 5.74) is 6.92. The first-order chi connectivity index (χ1) is 16.0. The highest BCUT2D eigenvalue weighted by Crippen LogP contribution is 2.41. The van der Waals surface area contributed by atoms with Gasteiger partial charge in [-0.3, -0.25) is 14.2 Å². The monoisotopic (exact) mass is 497 g/mol. The van der Waals surface area contributed by atoms with Crippen LogP contribution < -0.4 is 20.9 Å². The minimum absolute atomic E-state index is 0. The van der Waals surface area contributed by atoms with Gasteiger partial charge in [0, 0.05) is 19.2 Å². The van der Waals surface area contributed by atoms with Gasteiger partial charge in [0.2, 0.25) is 11.8 Å². The molecule has 2 aliphatic rings. The fourth-order valence-corrected chi connectivity index (χ4v) is 4.59. The highest BCUT2D eigenvalue weighted by atomic mass is 35.5. The van der Waals surface area contributed by atoms with Crippen molar-refractivity contribution in [2.75, 3.05) is 23.8 Å². The number of ether oxygens (including phenoxy) is 1. The number of nitrogens with zero attached hydrogens (tertiary/aromatic N) is 6. The summed E-state index contributed by atoms with van der Waals surface area (Å²) >= 11 is 6.29. The largest absolute Gasteiger partial charge is 0.476 e. The second-order valence-corrected chi connectivity index (χ2v) is 8.30. The maximum atomic E-state index is 13.5. The molecular formula is C22H20ClN7O3S. The number of ketones is 1. The van der Waals surface area contributed by atoms with Crippen LogP contribution in [0.15, 0.2) is 47.4 Å². The van der Waals surface area contributed by atoms with E-state index in [0.717, 1.165) is 0 Å². The van der Waals surface area contributed by atoms with Crippen molar-refractivity contribution in [2.24, 2.45) is 0 Å². The maximum Gasteiger partial charge on any atom is 0.284 e. The van der Waals surface area contributed by atoms with Crippen LogP contribution >= 0.6 is 25.1 Å². The third kappa shape index (κ3) is 3.31. The summed E-state index contributed by atoms with van der Waals surface area (Å²) < 4.78 is 8.64. The zero-order valence-electron chi connectivity index (χ0n) is 17.8. The average molecular weight is 498 g/mol. The lowest BCUT2D eigenvalue weighted by atomic mass is 9.99. The Hall–Kier alpha value is -3.57. The van der Waals surface area contributed by atoms with Gasteiger partial charge in [-0.05, 0) is 24.6 Å². The number of aromatic nitrogens is 5. The highest BCUT2D eigenvalue weighted by Gasteiger charge is 2.39. The Bertz CT molecular complexity index is 1490. The molecule has 6 rings (SSSR count). The molecular weight excluding hydrogens is 478 g/mol. The maximum absolute atomic E-state index is 13.5. The number of rotatable bonds is 3. The van der Waals surface area contributed by atoms with Gasteiger partial charge in [0.15, 0.2) is 11.6 Å². The van der Waals surface area contributed by atoms with E-state index in [9.17, 15) is 9.59 Å². The van der Waals surface area contributed by atoms with Gasteiger partial charge in [-0.15, -0.1) is 0 Å². The van der Waals surface area contributed by atoms with Crippen molar-refractivity contribution in [3.8, 4) is 11.6 Å². The molecule has 5 heterocycles. The van der Waals surface area contributed by atoms with Crippen LogP contribution in [0.25, 0.3) is 11.2 Å². The minimum atomic E-state index is -0.323. The number of carbonyl (C=O) groups excluding carboxylic acids is 1. The van der Waals surface area contributed by atoms with Crippen molar-refractivity contribution in [1.82, 2.24) is 24.1 Å². The van der Waals surface area contributed by atoms with E-state index in [1.165, 1.54) is 4.52 Å². The Morgan fingerprint density at radius 2 is 1.91 bits per heavy atom. The van der Waals surface area contributed by atoms with Crippen LogP contribution in [0.5, 0.6) is 5.88 Å². The molecule has 0 bridgehead atoms. The van der Waals surface area contributed by atoms with Crippen molar-refractivity contribution >= 4 is 48.2 Å². The van der Waals surface area contributed by atoms with Gasteiger partial charge in [0.05, 0.1) is 23.4 Å². The summed E-state index contributed by atoms with van der Waals surface area (Å²) in [6.07, 6.45) is 2.60. The van der Waals surface area contributed by atoms with Crippen LogP contribution in [0.3, 0.4) is 0 Å². The number of halogens is 1. The van der Waals surface area contributed by atoms with E-state index in [-0.39, 0.29) is 55.7 Å². The SMILES string of the molecule is Nc1nc2c(c(N3CC[C@H]3c3nn4ccc(Cl)c4c(=O)n3-c3ccccc3)n1)C(=O)CCO2.S. The Morgan fingerprint density at radius 1 is 1.12 bits per heavy atom. The molecule has 10 nitrogen and oxygen atoms in total. The summed E-state index contributed by atoms with van der Waals surface area (Å²) in [5, 5.41) is 5.08. The van der Waals surface area contributed by atoms with Crippen LogP contribution in [0, 0.1) is 0 Å². The number of carbonyl (C=O) groups is 1. The van der Waals surface area contributed by atoms with Gasteiger partial charge in [-0.1, -0.05) is 29.8 Å². The summed E-state index contributed by atoms with van der Waals surface area (Å²) in [7, 11) is 0. The van der Waals surface area contributed by atoms with E-state index in [1.54, 1.807) is 16.8 Å². The highest BCUT2D eigenvalue weighted by molar-refractivity contribution is 7.59. The van der Waals surface area contributed by atoms with Crippen LogP contribution in [0.1, 0.15) is 35.1 Å². The van der Waals surface area contributed by atoms with Crippen molar-refractivity contribution in [2.45, 2.75) is 18.9 Å². The zero-order valence-corrected chi connectivity index (χ0v) is 19.6. The first kappa shape index (κ1) is 22.2. The molecule has 0 radical (unpaired) electrons. The molecule has 0 amide bonds. The van der Waals surface area contributed by atoms with Crippen molar-refractivity contribution in [1.29, 1.82) is 0 Å². The summed E-state index contributed by atoms with van der Waals surface area (Å²) in [5.74, 6) is 1.02. The summed E-state index contributed by atoms with van der Waals surface area (Å²) in [6, 6.07) is 10.6. The molecule has 3 aromatic heterocycles. The molecule has 0 saturated carbocycles. The molecule has 0 aliphatic carbocycles. The number of benzene rings is 1. The smallest absolute Gasteiger partial charge is 0.284 e. The van der Waals surface area contributed by atoms with E-state index in [0.29, 0.717) is 46.4 Å². The molecule has 2 N–H and O–H groups in total. The number of nitrogens with two attached hydrogens (primary N) is 1. The Balaban J connectivity index is 0.00000241. The predicted octanol–water partition coefficient (Wildman–Crippen LogP) is 2.54. The van der Waals surface area contributed by atoms with E-state index < -0.39 is 0 Å². The third-order valence-electron chi connectivity index (χ3n) is 5.99. The number of fused-ring (bicyclic) bond motifs is 2. The second kappa shape index (κ2) is 8.33. The lowest BCUT2D eigenvalue weighted by molar-refractivity contribution is 0.0929. The third-order valence-corrected chi connectivity index (χ3v) is 6.29. The van der Waals surface area contributed by atoms with Gasteiger partial charge in [0.25, 0.3) is 5.56 Å². The Kier molecular flexibility index (Phi) is 5.45. The topological polar surface area (TPSA) is 121 Å². The molecule has 12 heteroatoms. The van der Waals surface area contributed by atoms with Crippen molar-refractivity contribution in [3.63, 3.8) is 0 Å². The van der Waals surface area contributed by atoms with Gasteiger partial charge < -0.3 is 15.4 Å². The molecule has 0 unspecified atom stereocenters. The van der Waals surface area contributed by atoms with Gasteiger partial charge >= 0.3 is 0 Å². The summed E-state index contributed by atoms with van der Waals surface area (Å²) in [4.78, 5) is 36.6. The molecule has 1 atom stereocenters. The van der Waals surface area contributed by atoms with E-state index in [1.807, 2.05) is 35.2 Å². The van der Waals surface area contributed by atoms with Gasteiger partial charge in [-0.25, -0.2) is 4.52 Å². The quantitative estimate of drug-likeness (QED) is 0.458. The number of hydrogen-bond donors (Lipinski definition) is 1. The number of nitrogen functional groups attached to an aromatic ring is 1. The zero-order chi connectivity index (χ0) is 22.7. The first-order valence-corrected chi connectivity index (χ1v) is 10.9. The lowest BCUT2D eigenvalue weighted by Crippen LogP contribution is -2.46. The number of para-hydroxylation sites is 1. The minimum Gasteiger partial charge on any atom is -0.476 e. The van der Waals surface area contributed by atoms with E-state index >= 15 is 0 Å². The molecule has 1 saturated heterocycles. The number of hydrogen-bond acceptors (Lipinski definition) is 8. The molecule has 1 fully saturated rings. The van der Waals surface area contributed by atoms with Crippen LogP contribution in [-0.2, 0) is 0 Å². The number of anilines is 2.